The molecule has 3 atom stereocenters. The van der Waals surface area contributed by atoms with Gasteiger partial charge in [0.1, 0.15) is 11.2 Å². The third-order valence-electron chi connectivity index (χ3n) is 13.4. The lowest BCUT2D eigenvalue weighted by atomic mass is 9.63. The van der Waals surface area contributed by atoms with Gasteiger partial charge in [-0.3, -0.25) is 0 Å². The van der Waals surface area contributed by atoms with Crippen LogP contribution in [0.4, 0.5) is 34.1 Å². The molecule has 0 radical (unpaired) electrons. The molecule has 9 aromatic carbocycles. The molecule has 0 N–H and O–H groups in total. The van der Waals surface area contributed by atoms with Gasteiger partial charge in [0.05, 0.1) is 22.2 Å². The number of hydrogen-bond acceptors (Lipinski definition) is 3. The summed E-state index contributed by atoms with van der Waals surface area (Å²) >= 11 is 0. The van der Waals surface area contributed by atoms with Crippen LogP contribution >= 0.6 is 0 Å². The monoisotopic (exact) mass is 820 g/mol. The predicted molar refractivity (Wildman–Crippen MR) is 266 cm³/mol. The molecule has 0 bridgehead atoms. The van der Waals surface area contributed by atoms with Crippen LogP contribution in [0, 0.1) is 5.92 Å². The molecular weight excluding hydrogens is 777 g/mol. The van der Waals surface area contributed by atoms with Gasteiger partial charge >= 0.3 is 0 Å². The van der Waals surface area contributed by atoms with Crippen molar-refractivity contribution in [1.82, 2.24) is 0 Å². The smallest absolute Gasteiger partial charge is 0.137 e. The maximum absolute atomic E-state index is 6.51. The molecule has 2 aliphatic carbocycles. The van der Waals surface area contributed by atoms with E-state index in [9.17, 15) is 0 Å². The Labute approximate surface area is 374 Å². The number of furan rings is 1. The summed E-state index contributed by atoms with van der Waals surface area (Å²) in [6.45, 7) is 0. The van der Waals surface area contributed by atoms with E-state index in [1.54, 1.807) is 0 Å². The number of para-hydroxylation sites is 3. The Hall–Kier alpha value is -8.14. The molecule has 12 rings (SSSR count). The molecule has 0 aliphatic heterocycles. The third kappa shape index (κ3) is 6.04. The quantitative estimate of drug-likeness (QED) is 0.145. The highest BCUT2D eigenvalue weighted by Gasteiger charge is 2.52. The Kier molecular flexibility index (Phi) is 9.19. The maximum atomic E-state index is 6.51. The molecule has 304 valence electrons. The lowest BCUT2D eigenvalue weighted by molar-refractivity contribution is 0.457. The number of anilines is 6. The van der Waals surface area contributed by atoms with E-state index >= 15 is 0 Å². The first-order valence-corrected chi connectivity index (χ1v) is 22.2. The SMILES string of the molecule is C1=CC2c3ccccc3C(c3ccccc3)(c3cccc(N(c4ccccc4)c4cccc(N(c5ccccc5-c5ccccc5)c5cccc6oc7ccccc7c56)c4)c3)C2C=C1. The van der Waals surface area contributed by atoms with Crippen LogP contribution in [0.1, 0.15) is 28.2 Å². The largest absolute Gasteiger partial charge is 0.456 e. The van der Waals surface area contributed by atoms with E-state index in [1.165, 1.54) is 22.3 Å². The Bertz CT molecular complexity index is 3370. The fraction of sp³-hybridized carbons (Fsp3) is 0.0492. The van der Waals surface area contributed by atoms with E-state index in [0.29, 0.717) is 0 Å². The molecule has 64 heavy (non-hydrogen) atoms. The van der Waals surface area contributed by atoms with Gasteiger partial charge in [-0.2, -0.15) is 0 Å². The van der Waals surface area contributed by atoms with Gasteiger partial charge in [-0.15, -0.1) is 0 Å². The first kappa shape index (κ1) is 37.6. The summed E-state index contributed by atoms with van der Waals surface area (Å²) in [5.74, 6) is 0.481. The van der Waals surface area contributed by atoms with Crippen molar-refractivity contribution in [2.75, 3.05) is 9.80 Å². The molecule has 1 heterocycles. The third-order valence-corrected chi connectivity index (χ3v) is 13.4. The second-order valence-corrected chi connectivity index (χ2v) is 16.8. The summed E-state index contributed by atoms with van der Waals surface area (Å²) in [7, 11) is 0. The molecule has 0 spiro atoms. The van der Waals surface area contributed by atoms with Crippen LogP contribution in [0.5, 0.6) is 0 Å². The zero-order chi connectivity index (χ0) is 42.5. The highest BCUT2D eigenvalue weighted by Crippen LogP contribution is 2.60. The number of rotatable bonds is 9. The van der Waals surface area contributed by atoms with E-state index in [4.69, 9.17) is 4.42 Å². The minimum Gasteiger partial charge on any atom is -0.456 e. The molecule has 2 aliphatic rings. The first-order chi connectivity index (χ1) is 31.8. The molecular formula is C61H44N2O. The lowest BCUT2D eigenvalue weighted by Crippen LogP contribution is -2.35. The van der Waals surface area contributed by atoms with Gasteiger partial charge in [0.2, 0.25) is 0 Å². The summed E-state index contributed by atoms with van der Waals surface area (Å²) in [5, 5.41) is 2.16. The second-order valence-electron chi connectivity index (χ2n) is 16.8. The number of benzene rings is 9. The maximum Gasteiger partial charge on any atom is 0.137 e. The van der Waals surface area contributed by atoms with Crippen molar-refractivity contribution in [3.05, 3.63) is 277 Å². The Balaban J connectivity index is 1.08. The minimum absolute atomic E-state index is 0.209. The number of nitrogens with zero attached hydrogens (tertiary/aromatic N) is 2. The molecule has 3 unspecified atom stereocenters. The zero-order valence-electron chi connectivity index (χ0n) is 35.2. The average Bonchev–Trinajstić information content (AvgIpc) is 3.90. The standard InChI is InChI=1S/C61H44N2O/c1-4-21-43(22-5-1)50-31-12-16-37-56(50)63(57-38-20-40-59-60(57)53-34-13-17-39-58(53)64-59)49-30-19-29-48(42-49)62(46-26-8-3-9-27-46)47-28-18-25-45(41-47)61(44-23-6-2-7-24-44)54-35-14-10-32-51(54)52-33-11-15-36-55(52)61/h1-42,51,54H. The van der Waals surface area contributed by atoms with Gasteiger partial charge in [0.15, 0.2) is 0 Å². The van der Waals surface area contributed by atoms with Gasteiger partial charge < -0.3 is 14.2 Å². The van der Waals surface area contributed by atoms with Gasteiger partial charge in [-0.05, 0) is 94.5 Å². The summed E-state index contributed by atoms with van der Waals surface area (Å²) in [6, 6.07) is 83.5. The molecule has 0 fully saturated rings. The lowest BCUT2D eigenvalue weighted by Gasteiger charge is -2.39. The number of hydrogen-bond donors (Lipinski definition) is 0. The van der Waals surface area contributed by atoms with Crippen molar-refractivity contribution in [3.8, 4) is 11.1 Å². The van der Waals surface area contributed by atoms with E-state index in [-0.39, 0.29) is 11.8 Å². The summed E-state index contributed by atoms with van der Waals surface area (Å²) in [5.41, 5.74) is 15.3. The average molecular weight is 821 g/mol. The second kappa shape index (κ2) is 15.6. The Morgan fingerprint density at radius 1 is 0.406 bits per heavy atom. The summed E-state index contributed by atoms with van der Waals surface area (Å²) in [6.07, 6.45) is 9.30. The van der Waals surface area contributed by atoms with Gasteiger partial charge in [0, 0.05) is 45.5 Å². The molecule has 10 aromatic rings. The summed E-state index contributed by atoms with van der Waals surface area (Å²) < 4.78 is 6.51. The Morgan fingerprint density at radius 2 is 0.984 bits per heavy atom. The van der Waals surface area contributed by atoms with Crippen LogP contribution in [0.25, 0.3) is 33.1 Å². The topological polar surface area (TPSA) is 19.6 Å². The predicted octanol–water partition coefficient (Wildman–Crippen LogP) is 16.4. The Morgan fingerprint density at radius 3 is 1.83 bits per heavy atom. The van der Waals surface area contributed by atoms with Crippen molar-refractivity contribution in [2.45, 2.75) is 11.3 Å². The molecule has 0 saturated carbocycles. The van der Waals surface area contributed by atoms with Gasteiger partial charge in [-0.1, -0.05) is 188 Å². The normalized spacial score (nSPS) is 17.3. The fourth-order valence-electron chi connectivity index (χ4n) is 10.8. The van der Waals surface area contributed by atoms with Gasteiger partial charge in [-0.25, -0.2) is 0 Å². The van der Waals surface area contributed by atoms with Crippen LogP contribution < -0.4 is 9.80 Å². The van der Waals surface area contributed by atoms with Crippen LogP contribution in [0.2, 0.25) is 0 Å². The zero-order valence-corrected chi connectivity index (χ0v) is 35.2. The van der Waals surface area contributed by atoms with Crippen LogP contribution in [0.3, 0.4) is 0 Å². The first-order valence-electron chi connectivity index (χ1n) is 22.2. The minimum atomic E-state index is -0.409. The summed E-state index contributed by atoms with van der Waals surface area (Å²) in [4.78, 5) is 4.83. The molecule has 0 amide bonds. The van der Waals surface area contributed by atoms with Crippen molar-refractivity contribution in [2.24, 2.45) is 5.92 Å². The molecule has 1 aromatic heterocycles. The molecule has 3 heteroatoms. The van der Waals surface area contributed by atoms with E-state index in [0.717, 1.165) is 67.2 Å². The van der Waals surface area contributed by atoms with Crippen LogP contribution in [0.15, 0.2) is 259 Å². The van der Waals surface area contributed by atoms with E-state index in [1.807, 2.05) is 6.07 Å². The van der Waals surface area contributed by atoms with Crippen molar-refractivity contribution < 1.29 is 4.42 Å². The van der Waals surface area contributed by atoms with Crippen molar-refractivity contribution >= 4 is 56.1 Å². The van der Waals surface area contributed by atoms with Gasteiger partial charge in [0.25, 0.3) is 0 Å². The van der Waals surface area contributed by atoms with Crippen LogP contribution in [-0.4, -0.2) is 0 Å². The highest BCUT2D eigenvalue weighted by atomic mass is 16.3. The number of fused-ring (bicyclic) bond motifs is 6. The van der Waals surface area contributed by atoms with E-state index < -0.39 is 5.41 Å². The highest BCUT2D eigenvalue weighted by molar-refractivity contribution is 6.14. The fourth-order valence-corrected chi connectivity index (χ4v) is 10.8. The van der Waals surface area contributed by atoms with Crippen molar-refractivity contribution in [1.29, 1.82) is 0 Å². The number of allylic oxidation sites excluding steroid dienone is 4. The van der Waals surface area contributed by atoms with Crippen molar-refractivity contribution in [3.63, 3.8) is 0 Å². The molecule has 0 saturated heterocycles. The van der Waals surface area contributed by atoms with Crippen LogP contribution in [-0.2, 0) is 5.41 Å². The molecule has 3 nitrogen and oxygen atoms in total. The van der Waals surface area contributed by atoms with E-state index in [2.05, 4.69) is 259 Å².